The van der Waals surface area contributed by atoms with Crippen LogP contribution >= 0.6 is 31.9 Å². The Morgan fingerprint density at radius 3 is 2.16 bits per heavy atom. The van der Waals surface area contributed by atoms with Crippen molar-refractivity contribution in [2.24, 2.45) is 29.6 Å². The fourth-order valence-electron chi connectivity index (χ4n) is 6.84. The number of rotatable bonds is 4. The molecule has 2 aliphatic carbocycles. The third kappa shape index (κ3) is 3.87. The Morgan fingerprint density at radius 2 is 1.53 bits per heavy atom. The minimum atomic E-state index is -0.576. The molecule has 4 aliphatic rings. The van der Waals surface area contributed by atoms with Crippen molar-refractivity contribution < 1.29 is 23.9 Å². The molecule has 0 unspecified atom stereocenters. The van der Waals surface area contributed by atoms with Gasteiger partial charge in [0, 0.05) is 28.3 Å². The van der Waals surface area contributed by atoms with Crippen LogP contribution in [0, 0.1) is 50.4 Å². The van der Waals surface area contributed by atoms with Gasteiger partial charge in [-0.2, -0.15) is 0 Å². The molecule has 0 aromatic heterocycles. The van der Waals surface area contributed by atoms with Gasteiger partial charge in [-0.3, -0.25) is 19.2 Å². The molecule has 6 rings (SSSR count). The molecule has 7 atom stereocenters. The van der Waals surface area contributed by atoms with Gasteiger partial charge in [-0.05, 0) is 80.0 Å². The molecule has 38 heavy (non-hydrogen) atoms. The summed E-state index contributed by atoms with van der Waals surface area (Å²) in [6, 6.07) is 10.9. The van der Waals surface area contributed by atoms with Crippen molar-refractivity contribution in [3.63, 3.8) is 0 Å². The van der Waals surface area contributed by atoms with Gasteiger partial charge >= 0.3 is 5.97 Å². The number of carbonyl (C=O) groups excluding carboxylic acids is 4. The lowest BCUT2D eigenvalue weighted by Gasteiger charge is -2.28. The van der Waals surface area contributed by atoms with Gasteiger partial charge in [-0.25, -0.2) is 4.90 Å². The first-order valence-electron chi connectivity index (χ1n) is 12.9. The Bertz CT molecular complexity index is 1360. The molecule has 0 spiro atoms. The van der Waals surface area contributed by atoms with Gasteiger partial charge in [-0.15, -0.1) is 0 Å². The molecular formula is C29H28Br2N2O5. The van der Waals surface area contributed by atoms with Gasteiger partial charge in [0.15, 0.2) is 0 Å². The van der Waals surface area contributed by atoms with E-state index in [1.807, 2.05) is 32.0 Å². The standard InChI is InChI=1S/C29H28Br2N2O5/c1-13-4-5-14(2)21(8-13)32-12-16(10-22(32)34)29(37)38-17-6-7-20(15(3)9-17)33-27(35)23-18-11-19(24(23)28(33)36)26(31)25(18)30/h4-9,16,18-19,23-26H,10-12H2,1-3H3/t16-,18-,19-,23-,24-,25+,26+/m1/s1. The molecule has 3 amide bonds. The maximum absolute atomic E-state index is 13.4. The molecule has 2 heterocycles. The highest BCUT2D eigenvalue weighted by Crippen LogP contribution is 2.60. The van der Waals surface area contributed by atoms with Crippen molar-refractivity contribution in [1.82, 2.24) is 0 Å². The van der Waals surface area contributed by atoms with Crippen LogP contribution in [-0.4, -0.2) is 39.9 Å². The Hall–Kier alpha value is -2.52. The number of anilines is 2. The van der Waals surface area contributed by atoms with Crippen molar-refractivity contribution in [2.75, 3.05) is 16.3 Å². The Morgan fingerprint density at radius 1 is 0.868 bits per heavy atom. The number of hydrogen-bond acceptors (Lipinski definition) is 5. The van der Waals surface area contributed by atoms with Crippen LogP contribution in [0.5, 0.6) is 5.75 Å². The monoisotopic (exact) mass is 642 g/mol. The molecular weight excluding hydrogens is 616 g/mol. The molecule has 2 aromatic rings. The minimum Gasteiger partial charge on any atom is -0.426 e. The van der Waals surface area contributed by atoms with Crippen molar-refractivity contribution in [2.45, 2.75) is 43.3 Å². The summed E-state index contributed by atoms with van der Waals surface area (Å²) in [5, 5.41) is 0. The maximum atomic E-state index is 13.4. The molecule has 4 fully saturated rings. The second kappa shape index (κ2) is 9.30. The van der Waals surface area contributed by atoms with Crippen LogP contribution in [0.2, 0.25) is 0 Å². The van der Waals surface area contributed by atoms with Gasteiger partial charge in [0.25, 0.3) is 0 Å². The van der Waals surface area contributed by atoms with E-state index in [1.54, 1.807) is 30.0 Å². The summed E-state index contributed by atoms with van der Waals surface area (Å²) in [6.07, 6.45) is 0.971. The Labute approximate surface area is 238 Å². The predicted octanol–water partition coefficient (Wildman–Crippen LogP) is 4.85. The fourth-order valence-corrected chi connectivity index (χ4v) is 8.71. The highest BCUT2D eigenvalue weighted by atomic mass is 79.9. The van der Waals surface area contributed by atoms with Crippen LogP contribution in [0.25, 0.3) is 0 Å². The highest BCUT2D eigenvalue weighted by Gasteiger charge is 2.66. The zero-order valence-corrected chi connectivity index (χ0v) is 24.5. The first kappa shape index (κ1) is 25.7. The van der Waals surface area contributed by atoms with Crippen molar-refractivity contribution in [3.8, 4) is 5.75 Å². The molecule has 198 valence electrons. The Balaban J connectivity index is 1.17. The summed E-state index contributed by atoms with van der Waals surface area (Å²) in [7, 11) is 0. The number of amides is 3. The minimum absolute atomic E-state index is 0.0916. The average molecular weight is 644 g/mol. The quantitative estimate of drug-likeness (QED) is 0.206. The maximum Gasteiger partial charge on any atom is 0.316 e. The van der Waals surface area contributed by atoms with E-state index in [9.17, 15) is 19.2 Å². The lowest BCUT2D eigenvalue weighted by Crippen LogP contribution is -2.37. The van der Waals surface area contributed by atoms with Crippen molar-refractivity contribution in [1.29, 1.82) is 0 Å². The van der Waals surface area contributed by atoms with Crippen LogP contribution in [0.15, 0.2) is 36.4 Å². The number of carbonyl (C=O) groups is 4. The molecule has 0 radical (unpaired) electrons. The summed E-state index contributed by atoms with van der Waals surface area (Å²) < 4.78 is 5.67. The lowest BCUT2D eigenvalue weighted by atomic mass is 9.81. The second-order valence-corrected chi connectivity index (χ2v) is 13.2. The van der Waals surface area contributed by atoms with Crippen molar-refractivity contribution >= 4 is 66.9 Å². The summed E-state index contributed by atoms with van der Waals surface area (Å²) >= 11 is 7.44. The number of benzene rings is 2. The number of aryl methyl sites for hydroxylation is 3. The number of ether oxygens (including phenoxy) is 1. The van der Waals surface area contributed by atoms with Gasteiger partial charge in [0.05, 0.1) is 23.4 Å². The molecule has 0 N–H and O–H groups in total. The lowest BCUT2D eigenvalue weighted by molar-refractivity contribution is -0.139. The smallest absolute Gasteiger partial charge is 0.316 e. The number of fused-ring (bicyclic) bond motifs is 5. The summed E-state index contributed by atoms with van der Waals surface area (Å²) in [6.45, 7) is 5.99. The van der Waals surface area contributed by atoms with E-state index >= 15 is 0 Å². The number of hydrogen-bond donors (Lipinski definition) is 0. The van der Waals surface area contributed by atoms with Crippen LogP contribution < -0.4 is 14.5 Å². The van der Waals surface area contributed by atoms with Crippen LogP contribution in [0.1, 0.15) is 29.5 Å². The highest BCUT2D eigenvalue weighted by molar-refractivity contribution is 9.12. The predicted molar refractivity (Wildman–Crippen MR) is 150 cm³/mol. The second-order valence-electron chi connectivity index (χ2n) is 11.1. The molecule has 2 saturated heterocycles. The first-order valence-corrected chi connectivity index (χ1v) is 14.8. The van der Waals surface area contributed by atoms with Gasteiger partial charge in [0.1, 0.15) is 5.75 Å². The van der Waals surface area contributed by atoms with E-state index in [-0.39, 0.29) is 64.0 Å². The van der Waals surface area contributed by atoms with E-state index < -0.39 is 11.9 Å². The Kier molecular flexibility index (Phi) is 6.30. The normalized spacial score (nSPS) is 31.9. The van der Waals surface area contributed by atoms with Crippen LogP contribution in [0.4, 0.5) is 11.4 Å². The number of alkyl halides is 2. The van der Waals surface area contributed by atoms with Crippen LogP contribution in [0.3, 0.4) is 0 Å². The molecule has 2 aliphatic heterocycles. The van der Waals surface area contributed by atoms with E-state index in [2.05, 4.69) is 31.9 Å². The number of halogens is 2. The molecule has 7 nitrogen and oxygen atoms in total. The SMILES string of the molecule is Cc1ccc(C)c(N2C[C@H](C(=O)Oc3ccc(N4C(=O)[C@@H]5[C@H]6C[C@@H]([C@H](Br)[C@H]6Br)[C@H]5C4=O)c(C)c3)CC2=O)c1. The van der Waals surface area contributed by atoms with Gasteiger partial charge in [0.2, 0.25) is 17.7 Å². The van der Waals surface area contributed by atoms with E-state index in [0.29, 0.717) is 17.0 Å². The van der Waals surface area contributed by atoms with Crippen molar-refractivity contribution in [3.05, 3.63) is 53.1 Å². The summed E-state index contributed by atoms with van der Waals surface area (Å²) in [5.41, 5.74) is 4.05. The number of nitrogens with zero attached hydrogens (tertiary/aromatic N) is 2. The van der Waals surface area contributed by atoms with Gasteiger partial charge < -0.3 is 9.64 Å². The molecule has 2 saturated carbocycles. The van der Waals surface area contributed by atoms with Gasteiger partial charge in [-0.1, -0.05) is 44.0 Å². The topological polar surface area (TPSA) is 84.0 Å². The number of esters is 1. The zero-order valence-electron chi connectivity index (χ0n) is 21.3. The largest absolute Gasteiger partial charge is 0.426 e. The zero-order chi connectivity index (χ0) is 27.0. The summed E-state index contributed by atoms with van der Waals surface area (Å²) in [5.74, 6) is -1.38. The molecule has 2 aromatic carbocycles. The molecule has 9 heteroatoms. The third-order valence-corrected chi connectivity index (χ3v) is 11.9. The van der Waals surface area contributed by atoms with E-state index in [0.717, 1.165) is 23.2 Å². The third-order valence-electron chi connectivity index (χ3n) is 8.73. The average Bonchev–Trinajstić information content (AvgIpc) is 3.59. The first-order chi connectivity index (χ1) is 18.1. The van der Waals surface area contributed by atoms with Crippen LogP contribution in [-0.2, 0) is 19.2 Å². The molecule has 2 bridgehead atoms. The van der Waals surface area contributed by atoms with E-state index in [1.165, 1.54) is 4.90 Å². The summed E-state index contributed by atoms with van der Waals surface area (Å²) in [4.78, 5) is 55.9. The fraction of sp³-hybridized carbons (Fsp3) is 0.448. The van der Waals surface area contributed by atoms with E-state index in [4.69, 9.17) is 4.74 Å². The number of imide groups is 1.